The minimum Gasteiger partial charge on any atom is -0.393 e. The number of carbonyl (C=O) groups is 2. The number of carbonyl (C=O) groups excluding carboxylic acids is 2. The number of hydrogen-bond acceptors (Lipinski definition) is 4. The van der Waals surface area contributed by atoms with E-state index in [0.717, 1.165) is 4.90 Å². The lowest BCUT2D eigenvalue weighted by molar-refractivity contribution is -0.158. The molecule has 0 aromatic carbocycles. The fourth-order valence-electron chi connectivity index (χ4n) is 1.09. The van der Waals surface area contributed by atoms with Crippen LogP contribution < -0.4 is 5.73 Å². The number of morpholine rings is 1. The van der Waals surface area contributed by atoms with E-state index in [4.69, 9.17) is 22.7 Å². The predicted octanol–water partition coefficient (Wildman–Crippen LogP) is -0.706. The lowest BCUT2D eigenvalue weighted by Gasteiger charge is -2.27. The van der Waals surface area contributed by atoms with Crippen LogP contribution in [0.4, 0.5) is 0 Å². The van der Waals surface area contributed by atoms with Gasteiger partial charge < -0.3 is 10.5 Å². The van der Waals surface area contributed by atoms with Gasteiger partial charge in [-0.25, -0.2) is 0 Å². The van der Waals surface area contributed by atoms with E-state index in [2.05, 4.69) is 0 Å². The predicted molar refractivity (Wildman–Crippen MR) is 53.5 cm³/mol. The Labute approximate surface area is 87.2 Å². The summed E-state index contributed by atoms with van der Waals surface area (Å²) in [5.41, 5.74) is 5.39. The number of amides is 2. The molecule has 0 saturated carbocycles. The summed E-state index contributed by atoms with van der Waals surface area (Å²) in [4.78, 5) is 24.0. The molecule has 1 atom stereocenters. The van der Waals surface area contributed by atoms with Gasteiger partial charge >= 0.3 is 0 Å². The molecule has 5 nitrogen and oxygen atoms in total. The Kier molecular flexibility index (Phi) is 3.54. The lowest BCUT2D eigenvalue weighted by atomic mass is 10.1. The highest BCUT2D eigenvalue weighted by atomic mass is 32.1. The highest BCUT2D eigenvalue weighted by Gasteiger charge is 2.28. The van der Waals surface area contributed by atoms with E-state index in [1.807, 2.05) is 0 Å². The van der Waals surface area contributed by atoms with Gasteiger partial charge in [-0.3, -0.25) is 14.5 Å². The van der Waals surface area contributed by atoms with Crippen molar-refractivity contribution in [3.8, 4) is 0 Å². The second-order valence-electron chi connectivity index (χ2n) is 3.19. The summed E-state index contributed by atoms with van der Waals surface area (Å²) in [6, 6.07) is 0. The summed E-state index contributed by atoms with van der Waals surface area (Å²) >= 11 is 4.76. The first kappa shape index (κ1) is 11.1. The van der Waals surface area contributed by atoms with Crippen LogP contribution >= 0.6 is 12.2 Å². The Morgan fingerprint density at radius 2 is 2.07 bits per heavy atom. The van der Waals surface area contributed by atoms with Crippen molar-refractivity contribution in [3.05, 3.63) is 0 Å². The van der Waals surface area contributed by atoms with Crippen molar-refractivity contribution in [1.82, 2.24) is 4.90 Å². The number of hydrogen-bond donors (Lipinski definition) is 1. The number of imide groups is 1. The van der Waals surface area contributed by atoms with Gasteiger partial charge in [0.1, 0.15) is 13.2 Å². The first-order valence-electron chi connectivity index (χ1n) is 4.22. The number of nitrogens with zero attached hydrogens (tertiary/aromatic N) is 1. The fourth-order valence-corrected chi connectivity index (χ4v) is 1.16. The van der Waals surface area contributed by atoms with Gasteiger partial charge in [-0.15, -0.1) is 0 Å². The molecule has 0 bridgehead atoms. The SMILES string of the molecule is CC(CN1C(=O)COCC1=O)C(N)=S. The minimum absolute atomic E-state index is 0.0458. The number of ether oxygens (including phenoxy) is 1. The Bertz CT molecular complexity index is 264. The monoisotopic (exact) mass is 216 g/mol. The van der Waals surface area contributed by atoms with Crippen molar-refractivity contribution in [2.24, 2.45) is 11.7 Å². The molecule has 1 aliphatic rings. The lowest BCUT2D eigenvalue weighted by Crippen LogP contribution is -2.49. The zero-order valence-electron chi connectivity index (χ0n) is 7.86. The molecule has 0 aromatic rings. The smallest absolute Gasteiger partial charge is 0.255 e. The Morgan fingerprint density at radius 1 is 1.57 bits per heavy atom. The topological polar surface area (TPSA) is 72.6 Å². The van der Waals surface area contributed by atoms with Crippen LogP contribution in [0.1, 0.15) is 6.92 Å². The quantitative estimate of drug-likeness (QED) is 0.498. The van der Waals surface area contributed by atoms with Crippen molar-refractivity contribution in [2.45, 2.75) is 6.92 Å². The molecule has 1 rings (SSSR count). The Balaban J connectivity index is 2.61. The molecule has 0 aromatic heterocycles. The third kappa shape index (κ3) is 2.49. The number of rotatable bonds is 3. The normalized spacial score (nSPS) is 19.6. The average molecular weight is 216 g/mol. The zero-order valence-corrected chi connectivity index (χ0v) is 8.67. The summed E-state index contributed by atoms with van der Waals surface area (Å²) in [5, 5.41) is 0. The van der Waals surface area contributed by atoms with Crippen molar-refractivity contribution in [1.29, 1.82) is 0 Å². The van der Waals surface area contributed by atoms with Gasteiger partial charge in [-0.05, 0) is 0 Å². The van der Waals surface area contributed by atoms with Crippen LogP contribution in [0.3, 0.4) is 0 Å². The van der Waals surface area contributed by atoms with E-state index in [-0.39, 0.29) is 37.5 Å². The standard InChI is InChI=1S/C8H12N2O3S/c1-5(8(9)14)2-10-6(11)3-13-4-7(10)12/h5H,2-4H2,1H3,(H2,9,14). The maximum absolute atomic E-state index is 11.3. The van der Waals surface area contributed by atoms with E-state index in [9.17, 15) is 9.59 Å². The van der Waals surface area contributed by atoms with Gasteiger partial charge in [0, 0.05) is 12.5 Å². The molecule has 2 amide bonds. The molecule has 1 unspecified atom stereocenters. The third-order valence-electron chi connectivity index (χ3n) is 2.00. The highest BCUT2D eigenvalue weighted by Crippen LogP contribution is 2.06. The van der Waals surface area contributed by atoms with Crippen molar-refractivity contribution < 1.29 is 14.3 Å². The zero-order chi connectivity index (χ0) is 10.7. The van der Waals surface area contributed by atoms with E-state index in [1.54, 1.807) is 6.92 Å². The summed E-state index contributed by atoms with van der Waals surface area (Å²) in [7, 11) is 0. The molecule has 14 heavy (non-hydrogen) atoms. The molecule has 1 saturated heterocycles. The first-order chi connectivity index (χ1) is 6.52. The van der Waals surface area contributed by atoms with E-state index >= 15 is 0 Å². The van der Waals surface area contributed by atoms with Crippen molar-refractivity contribution in [2.75, 3.05) is 19.8 Å². The third-order valence-corrected chi connectivity index (χ3v) is 2.40. The molecule has 0 aliphatic carbocycles. The van der Waals surface area contributed by atoms with Crippen LogP contribution in [0, 0.1) is 5.92 Å². The maximum Gasteiger partial charge on any atom is 0.255 e. The molecular weight excluding hydrogens is 204 g/mol. The van der Waals surface area contributed by atoms with E-state index in [1.165, 1.54) is 0 Å². The second-order valence-corrected chi connectivity index (χ2v) is 3.67. The largest absolute Gasteiger partial charge is 0.393 e. The van der Waals surface area contributed by atoms with Crippen LogP contribution in [0.2, 0.25) is 0 Å². The van der Waals surface area contributed by atoms with Gasteiger partial charge in [0.15, 0.2) is 0 Å². The van der Waals surface area contributed by atoms with Crippen molar-refractivity contribution in [3.63, 3.8) is 0 Å². The molecule has 2 N–H and O–H groups in total. The van der Waals surface area contributed by atoms with Crippen LogP contribution in [0.15, 0.2) is 0 Å². The molecular formula is C8H12N2O3S. The van der Waals surface area contributed by atoms with E-state index < -0.39 is 0 Å². The van der Waals surface area contributed by atoms with Crippen LogP contribution in [0.5, 0.6) is 0 Å². The summed E-state index contributed by atoms with van der Waals surface area (Å²) < 4.78 is 4.76. The van der Waals surface area contributed by atoms with E-state index in [0.29, 0.717) is 4.99 Å². The summed E-state index contributed by atoms with van der Waals surface area (Å²) in [6.45, 7) is 1.93. The molecule has 0 spiro atoms. The highest BCUT2D eigenvalue weighted by molar-refractivity contribution is 7.80. The van der Waals surface area contributed by atoms with Crippen molar-refractivity contribution >= 4 is 29.0 Å². The molecule has 0 radical (unpaired) electrons. The van der Waals surface area contributed by atoms with Gasteiger partial charge in [0.05, 0.1) is 4.99 Å². The summed E-state index contributed by atoms with van der Waals surface area (Å²) in [6.07, 6.45) is 0. The maximum atomic E-state index is 11.3. The number of thiocarbonyl (C=S) groups is 1. The van der Waals surface area contributed by atoms with Gasteiger partial charge in [0.25, 0.3) is 11.8 Å². The van der Waals surface area contributed by atoms with Gasteiger partial charge in [0.2, 0.25) is 0 Å². The molecule has 1 aliphatic heterocycles. The molecule has 1 heterocycles. The average Bonchev–Trinajstić information content (AvgIpc) is 2.11. The molecule has 6 heteroatoms. The molecule has 1 fully saturated rings. The van der Waals surface area contributed by atoms with Crippen LogP contribution in [-0.4, -0.2) is 41.5 Å². The molecule has 78 valence electrons. The summed E-state index contributed by atoms with van der Waals surface area (Å²) in [5.74, 6) is -0.815. The Morgan fingerprint density at radius 3 is 2.50 bits per heavy atom. The first-order valence-corrected chi connectivity index (χ1v) is 4.63. The second kappa shape index (κ2) is 4.47. The van der Waals surface area contributed by atoms with Crippen LogP contribution in [0.25, 0.3) is 0 Å². The fraction of sp³-hybridized carbons (Fsp3) is 0.625. The van der Waals surface area contributed by atoms with Gasteiger partial charge in [-0.1, -0.05) is 19.1 Å². The minimum atomic E-state index is -0.329. The Hall–Kier alpha value is -1.01. The van der Waals surface area contributed by atoms with Gasteiger partial charge in [-0.2, -0.15) is 0 Å². The number of nitrogens with two attached hydrogens (primary N) is 1. The van der Waals surface area contributed by atoms with Crippen LogP contribution in [-0.2, 0) is 14.3 Å².